The van der Waals surface area contributed by atoms with Gasteiger partial charge in [0.15, 0.2) is 5.96 Å². The van der Waals surface area contributed by atoms with Gasteiger partial charge in [-0.1, -0.05) is 36.4 Å². The summed E-state index contributed by atoms with van der Waals surface area (Å²) in [7, 11) is 0. The Kier molecular flexibility index (Phi) is 7.68. The molecule has 0 fully saturated rings. The zero-order chi connectivity index (χ0) is 22.7. The number of pyridine rings is 1. The fourth-order valence-electron chi connectivity index (χ4n) is 3.12. The monoisotopic (exact) mass is 441 g/mol. The molecule has 168 valence electrons. The van der Waals surface area contributed by atoms with Crippen molar-refractivity contribution in [2.45, 2.75) is 26.6 Å². The van der Waals surface area contributed by atoms with Crippen molar-refractivity contribution >= 4 is 5.96 Å². The summed E-state index contributed by atoms with van der Waals surface area (Å²) < 4.78 is 11.4. The second-order valence-electron chi connectivity index (χ2n) is 7.31. The third-order valence-electron chi connectivity index (χ3n) is 4.81. The Morgan fingerprint density at radius 2 is 1.76 bits per heavy atom. The molecule has 7 heteroatoms. The molecule has 33 heavy (non-hydrogen) atoms. The highest BCUT2D eigenvalue weighted by Crippen LogP contribution is 2.18. The molecule has 0 aliphatic rings. The van der Waals surface area contributed by atoms with Gasteiger partial charge in [0.05, 0.1) is 24.5 Å². The number of nitrogens with one attached hydrogen (secondary N) is 2. The van der Waals surface area contributed by atoms with Crippen molar-refractivity contribution in [3.63, 3.8) is 0 Å². The smallest absolute Gasteiger partial charge is 0.226 e. The molecule has 2 heterocycles. The van der Waals surface area contributed by atoms with Crippen LogP contribution in [-0.4, -0.2) is 22.5 Å². The van der Waals surface area contributed by atoms with Gasteiger partial charge in [0.25, 0.3) is 0 Å². The van der Waals surface area contributed by atoms with Crippen molar-refractivity contribution in [2.24, 2.45) is 4.99 Å². The second-order valence-corrected chi connectivity index (χ2v) is 7.31. The van der Waals surface area contributed by atoms with Crippen molar-refractivity contribution in [2.75, 3.05) is 6.54 Å². The average molecular weight is 442 g/mol. The molecule has 0 atom stereocenters. The van der Waals surface area contributed by atoms with Crippen LogP contribution in [0.3, 0.4) is 0 Å². The quantitative estimate of drug-likeness (QED) is 0.292. The van der Waals surface area contributed by atoms with Gasteiger partial charge in [-0.3, -0.25) is 4.98 Å². The predicted molar refractivity (Wildman–Crippen MR) is 129 cm³/mol. The third-order valence-corrected chi connectivity index (χ3v) is 4.81. The van der Waals surface area contributed by atoms with E-state index >= 15 is 0 Å². The molecule has 0 saturated carbocycles. The first-order chi connectivity index (χ1) is 16.3. The Morgan fingerprint density at radius 1 is 0.939 bits per heavy atom. The van der Waals surface area contributed by atoms with Gasteiger partial charge in [0, 0.05) is 18.3 Å². The fourth-order valence-corrected chi connectivity index (χ4v) is 3.12. The minimum Gasteiger partial charge on any atom is -0.487 e. The molecule has 0 radical (unpaired) electrons. The Morgan fingerprint density at radius 3 is 2.52 bits per heavy atom. The Balaban J connectivity index is 1.30. The van der Waals surface area contributed by atoms with Crippen molar-refractivity contribution in [1.82, 2.24) is 20.6 Å². The number of rotatable bonds is 9. The van der Waals surface area contributed by atoms with Crippen LogP contribution >= 0.6 is 0 Å². The van der Waals surface area contributed by atoms with Gasteiger partial charge >= 0.3 is 0 Å². The molecule has 0 amide bonds. The van der Waals surface area contributed by atoms with E-state index in [4.69, 9.17) is 9.15 Å². The minimum atomic E-state index is 0.445. The lowest BCUT2D eigenvalue weighted by molar-refractivity contribution is 0.301. The summed E-state index contributed by atoms with van der Waals surface area (Å²) in [5.74, 6) is 2.13. The molecule has 0 spiro atoms. The van der Waals surface area contributed by atoms with E-state index < -0.39 is 0 Å². The van der Waals surface area contributed by atoms with Gasteiger partial charge in [-0.2, -0.15) is 0 Å². The Hall–Kier alpha value is -4.13. The summed E-state index contributed by atoms with van der Waals surface area (Å²) in [5, 5.41) is 6.57. The van der Waals surface area contributed by atoms with Crippen LogP contribution in [0.4, 0.5) is 0 Å². The number of nitrogens with zero attached hydrogens (tertiary/aromatic N) is 3. The van der Waals surface area contributed by atoms with Crippen LogP contribution in [0.2, 0.25) is 0 Å². The van der Waals surface area contributed by atoms with Gasteiger partial charge in [0.2, 0.25) is 5.89 Å². The standard InChI is InChI=1S/C26H27N5O2/c1-2-27-26(30-17-23-19-33-25(31-23)21-8-4-3-5-9-21)29-16-20-11-13-24(14-12-20)32-18-22-10-6-7-15-28-22/h3-15,19H,2,16-18H2,1H3,(H2,27,29,30). The molecule has 0 aliphatic heterocycles. The molecular weight excluding hydrogens is 414 g/mol. The number of aromatic nitrogens is 2. The van der Waals surface area contributed by atoms with Crippen molar-refractivity contribution in [3.05, 3.63) is 102 Å². The SMILES string of the molecule is CCNC(=NCc1ccc(OCc2ccccn2)cc1)NCc1coc(-c2ccccc2)n1. The molecule has 4 aromatic rings. The van der Waals surface area contributed by atoms with E-state index in [0.29, 0.717) is 25.6 Å². The number of ether oxygens (including phenoxy) is 1. The van der Waals surface area contributed by atoms with Gasteiger partial charge in [-0.25, -0.2) is 9.98 Å². The largest absolute Gasteiger partial charge is 0.487 e. The topological polar surface area (TPSA) is 84.6 Å². The van der Waals surface area contributed by atoms with E-state index in [9.17, 15) is 0 Å². The molecule has 7 nitrogen and oxygen atoms in total. The summed E-state index contributed by atoms with van der Waals surface area (Å²) >= 11 is 0. The number of hydrogen-bond acceptors (Lipinski definition) is 5. The van der Waals surface area contributed by atoms with Gasteiger partial charge in [-0.15, -0.1) is 0 Å². The van der Waals surface area contributed by atoms with Crippen LogP contribution in [0.25, 0.3) is 11.5 Å². The molecule has 2 aromatic heterocycles. The van der Waals surface area contributed by atoms with Gasteiger partial charge in [-0.05, 0) is 48.9 Å². The van der Waals surface area contributed by atoms with E-state index in [0.717, 1.165) is 40.8 Å². The highest BCUT2D eigenvalue weighted by atomic mass is 16.5. The Bertz CT molecular complexity index is 1140. The predicted octanol–water partition coefficient (Wildman–Crippen LogP) is 4.57. The number of oxazole rings is 1. The molecule has 2 aromatic carbocycles. The van der Waals surface area contributed by atoms with Crippen LogP contribution in [0.15, 0.2) is 94.7 Å². The normalized spacial score (nSPS) is 11.2. The fraction of sp³-hybridized carbons (Fsp3) is 0.192. The zero-order valence-corrected chi connectivity index (χ0v) is 18.6. The maximum atomic E-state index is 5.79. The lowest BCUT2D eigenvalue weighted by Gasteiger charge is -2.10. The summed E-state index contributed by atoms with van der Waals surface area (Å²) in [6.07, 6.45) is 3.43. The van der Waals surface area contributed by atoms with Crippen molar-refractivity contribution in [1.29, 1.82) is 0 Å². The second kappa shape index (κ2) is 11.5. The summed E-state index contributed by atoms with van der Waals surface area (Å²) in [4.78, 5) is 13.5. The van der Waals surface area contributed by atoms with Crippen LogP contribution < -0.4 is 15.4 Å². The van der Waals surface area contributed by atoms with Crippen LogP contribution in [0.1, 0.15) is 23.9 Å². The zero-order valence-electron chi connectivity index (χ0n) is 18.6. The van der Waals surface area contributed by atoms with Crippen molar-refractivity contribution in [3.8, 4) is 17.2 Å². The molecular formula is C26H27N5O2. The van der Waals surface area contributed by atoms with E-state index in [1.54, 1.807) is 12.5 Å². The number of hydrogen-bond donors (Lipinski definition) is 2. The molecule has 0 aliphatic carbocycles. The van der Waals surface area contributed by atoms with Crippen LogP contribution in [0, 0.1) is 0 Å². The molecule has 4 rings (SSSR count). The molecule has 0 unspecified atom stereocenters. The number of guanidine groups is 1. The summed E-state index contributed by atoms with van der Waals surface area (Å²) in [6, 6.07) is 23.6. The first kappa shape index (κ1) is 22.1. The maximum absolute atomic E-state index is 5.79. The number of benzene rings is 2. The molecule has 0 saturated heterocycles. The molecule has 2 N–H and O–H groups in total. The first-order valence-corrected chi connectivity index (χ1v) is 10.9. The van der Waals surface area contributed by atoms with E-state index in [1.165, 1.54) is 0 Å². The minimum absolute atomic E-state index is 0.445. The highest BCUT2D eigenvalue weighted by Gasteiger charge is 2.07. The first-order valence-electron chi connectivity index (χ1n) is 10.9. The number of aliphatic imine (C=N–C) groups is 1. The summed E-state index contributed by atoms with van der Waals surface area (Å²) in [5.41, 5.74) is 3.76. The average Bonchev–Trinajstić information content (AvgIpc) is 3.35. The van der Waals surface area contributed by atoms with Gasteiger partial charge in [0.1, 0.15) is 18.6 Å². The molecule has 0 bridgehead atoms. The Labute approximate surface area is 193 Å². The van der Waals surface area contributed by atoms with Gasteiger partial charge < -0.3 is 19.8 Å². The maximum Gasteiger partial charge on any atom is 0.226 e. The van der Waals surface area contributed by atoms with Crippen LogP contribution in [-0.2, 0) is 19.7 Å². The van der Waals surface area contributed by atoms with E-state index in [2.05, 4.69) is 25.6 Å². The summed E-state index contributed by atoms with van der Waals surface area (Å²) in [6.45, 7) is 4.31. The van der Waals surface area contributed by atoms with E-state index in [-0.39, 0.29) is 0 Å². The highest BCUT2D eigenvalue weighted by molar-refractivity contribution is 5.79. The third kappa shape index (κ3) is 6.67. The van der Waals surface area contributed by atoms with E-state index in [1.807, 2.05) is 79.7 Å². The lowest BCUT2D eigenvalue weighted by atomic mass is 10.2. The van der Waals surface area contributed by atoms with Crippen molar-refractivity contribution < 1.29 is 9.15 Å². The lowest BCUT2D eigenvalue weighted by Crippen LogP contribution is -2.36. The van der Waals surface area contributed by atoms with Crippen LogP contribution in [0.5, 0.6) is 5.75 Å².